The van der Waals surface area contributed by atoms with E-state index in [9.17, 15) is 0 Å². The second-order valence-electron chi connectivity index (χ2n) is 3.93. The molecule has 0 heterocycles. The molecule has 108 valence electrons. The minimum absolute atomic E-state index is 0.857. The van der Waals surface area contributed by atoms with E-state index in [1.807, 2.05) is 37.1 Å². The van der Waals surface area contributed by atoms with Crippen LogP contribution < -0.4 is 4.74 Å². The smallest absolute Gasteiger partial charge is 0.119 e. The SMILES string of the molecule is C=C.C=O.CCCCCCCCOc1ccccc1. The van der Waals surface area contributed by atoms with Gasteiger partial charge in [-0.2, -0.15) is 0 Å². The highest BCUT2D eigenvalue weighted by Gasteiger charge is 1.92. The summed E-state index contributed by atoms with van der Waals surface area (Å²) in [5, 5.41) is 0. The van der Waals surface area contributed by atoms with Gasteiger partial charge < -0.3 is 9.53 Å². The molecule has 1 aromatic carbocycles. The summed E-state index contributed by atoms with van der Waals surface area (Å²) >= 11 is 0. The van der Waals surface area contributed by atoms with Crippen molar-refractivity contribution in [1.82, 2.24) is 0 Å². The first-order chi connectivity index (χ1) is 9.43. The van der Waals surface area contributed by atoms with Crippen molar-refractivity contribution in [2.45, 2.75) is 45.4 Å². The molecular formula is C17H28O2. The number of rotatable bonds is 8. The van der Waals surface area contributed by atoms with Gasteiger partial charge in [0.05, 0.1) is 6.61 Å². The Morgan fingerprint density at radius 1 is 0.895 bits per heavy atom. The van der Waals surface area contributed by atoms with Crippen LogP contribution in [0, 0.1) is 0 Å². The third-order valence-electron chi connectivity index (χ3n) is 2.51. The quantitative estimate of drug-likeness (QED) is 0.485. The van der Waals surface area contributed by atoms with Gasteiger partial charge in [-0.1, -0.05) is 57.2 Å². The van der Waals surface area contributed by atoms with Gasteiger partial charge in [0.15, 0.2) is 0 Å². The van der Waals surface area contributed by atoms with Crippen molar-refractivity contribution in [2.75, 3.05) is 6.61 Å². The van der Waals surface area contributed by atoms with Crippen LogP contribution in [0.25, 0.3) is 0 Å². The number of carbonyl (C=O) groups is 1. The molecule has 19 heavy (non-hydrogen) atoms. The van der Waals surface area contributed by atoms with Crippen LogP contribution in [0.3, 0.4) is 0 Å². The van der Waals surface area contributed by atoms with E-state index in [0.717, 1.165) is 12.4 Å². The molecule has 0 amide bonds. The number of carbonyl (C=O) groups excluding carboxylic acids is 1. The Morgan fingerprint density at radius 3 is 2.00 bits per heavy atom. The molecule has 2 nitrogen and oxygen atoms in total. The Bertz CT molecular complexity index is 257. The van der Waals surface area contributed by atoms with Gasteiger partial charge in [0.25, 0.3) is 0 Å². The second kappa shape index (κ2) is 18.8. The summed E-state index contributed by atoms with van der Waals surface area (Å²) in [7, 11) is 0. The molecule has 1 aromatic rings. The summed E-state index contributed by atoms with van der Waals surface area (Å²) in [5.74, 6) is 0.992. The fourth-order valence-corrected chi connectivity index (χ4v) is 1.59. The zero-order chi connectivity index (χ0) is 14.8. The van der Waals surface area contributed by atoms with E-state index in [1.54, 1.807) is 0 Å². The zero-order valence-electron chi connectivity index (χ0n) is 12.3. The lowest BCUT2D eigenvalue weighted by molar-refractivity contribution is -0.0979. The van der Waals surface area contributed by atoms with E-state index in [1.165, 1.54) is 38.5 Å². The van der Waals surface area contributed by atoms with E-state index >= 15 is 0 Å². The Hall–Kier alpha value is -1.57. The number of benzene rings is 1. The molecule has 1 rings (SSSR count). The van der Waals surface area contributed by atoms with Crippen molar-refractivity contribution in [3.63, 3.8) is 0 Å². The summed E-state index contributed by atoms with van der Waals surface area (Å²) < 4.78 is 5.61. The third-order valence-corrected chi connectivity index (χ3v) is 2.51. The van der Waals surface area contributed by atoms with E-state index in [0.29, 0.717) is 0 Å². The summed E-state index contributed by atoms with van der Waals surface area (Å²) in [6.45, 7) is 11.1. The van der Waals surface area contributed by atoms with Crippen molar-refractivity contribution in [2.24, 2.45) is 0 Å². The molecule has 0 bridgehead atoms. The van der Waals surface area contributed by atoms with Gasteiger partial charge in [-0.15, -0.1) is 13.2 Å². The van der Waals surface area contributed by atoms with E-state index in [4.69, 9.17) is 9.53 Å². The molecular weight excluding hydrogens is 236 g/mol. The van der Waals surface area contributed by atoms with Crippen molar-refractivity contribution < 1.29 is 9.53 Å². The highest BCUT2D eigenvalue weighted by Crippen LogP contribution is 2.10. The first-order valence-corrected chi connectivity index (χ1v) is 6.90. The second-order valence-corrected chi connectivity index (χ2v) is 3.93. The molecule has 0 aromatic heterocycles. The molecule has 0 aliphatic rings. The van der Waals surface area contributed by atoms with Crippen LogP contribution in [0.5, 0.6) is 5.75 Å². The normalized spacial score (nSPS) is 8.47. The average molecular weight is 264 g/mol. The predicted molar refractivity (Wildman–Crippen MR) is 83.7 cm³/mol. The number of hydrogen-bond acceptors (Lipinski definition) is 2. The van der Waals surface area contributed by atoms with Crippen molar-refractivity contribution >= 4 is 6.79 Å². The van der Waals surface area contributed by atoms with Crippen molar-refractivity contribution in [3.8, 4) is 5.75 Å². The lowest BCUT2D eigenvalue weighted by Gasteiger charge is -2.05. The Labute approximate surface area is 118 Å². The van der Waals surface area contributed by atoms with Gasteiger partial charge in [-0.05, 0) is 18.6 Å². The van der Waals surface area contributed by atoms with E-state index in [-0.39, 0.29) is 0 Å². The monoisotopic (exact) mass is 264 g/mol. The maximum absolute atomic E-state index is 8.00. The Kier molecular flexibility index (Phi) is 19.5. The zero-order valence-corrected chi connectivity index (χ0v) is 12.3. The van der Waals surface area contributed by atoms with Crippen LogP contribution >= 0.6 is 0 Å². The predicted octanol–water partition coefficient (Wildman–Crippen LogP) is 5.04. The van der Waals surface area contributed by atoms with Gasteiger partial charge in [0, 0.05) is 0 Å². The molecule has 0 aliphatic heterocycles. The number of hydrogen-bond donors (Lipinski definition) is 0. The van der Waals surface area contributed by atoms with Crippen LogP contribution in [-0.4, -0.2) is 13.4 Å². The van der Waals surface area contributed by atoms with Gasteiger partial charge in [0.1, 0.15) is 12.5 Å². The minimum Gasteiger partial charge on any atom is -0.494 e. The minimum atomic E-state index is 0.857. The summed E-state index contributed by atoms with van der Waals surface area (Å²) in [6.07, 6.45) is 7.90. The summed E-state index contributed by atoms with van der Waals surface area (Å²) in [5.41, 5.74) is 0. The fourth-order valence-electron chi connectivity index (χ4n) is 1.59. The Morgan fingerprint density at radius 2 is 1.42 bits per heavy atom. The maximum atomic E-state index is 8.00. The lowest BCUT2D eigenvalue weighted by atomic mass is 10.1. The van der Waals surface area contributed by atoms with E-state index in [2.05, 4.69) is 20.1 Å². The van der Waals surface area contributed by atoms with Crippen LogP contribution in [0.15, 0.2) is 43.5 Å². The first kappa shape index (κ1) is 19.8. The lowest BCUT2D eigenvalue weighted by Crippen LogP contribution is -1.96. The maximum Gasteiger partial charge on any atom is 0.119 e. The number of unbranched alkanes of at least 4 members (excludes halogenated alkanes) is 5. The molecule has 0 N–H and O–H groups in total. The van der Waals surface area contributed by atoms with Crippen LogP contribution in [0.2, 0.25) is 0 Å². The molecule has 0 fully saturated rings. The fraction of sp³-hybridized carbons (Fsp3) is 0.471. The highest BCUT2D eigenvalue weighted by atomic mass is 16.5. The van der Waals surface area contributed by atoms with Crippen LogP contribution in [0.4, 0.5) is 0 Å². The standard InChI is InChI=1S/C14H22O.C2H4.CH2O/c1-2-3-4-5-6-10-13-15-14-11-8-7-9-12-14;2*1-2/h7-9,11-12H,2-6,10,13H2,1H3;1-2H2;1H2. The molecule has 0 unspecified atom stereocenters. The van der Waals surface area contributed by atoms with Gasteiger partial charge in [-0.25, -0.2) is 0 Å². The molecule has 0 saturated carbocycles. The van der Waals surface area contributed by atoms with Gasteiger partial charge in [-0.3, -0.25) is 0 Å². The third kappa shape index (κ3) is 14.4. The largest absolute Gasteiger partial charge is 0.494 e. The molecule has 0 spiro atoms. The molecule has 0 radical (unpaired) electrons. The topological polar surface area (TPSA) is 26.3 Å². The number of ether oxygens (including phenoxy) is 1. The number of para-hydroxylation sites is 1. The van der Waals surface area contributed by atoms with Gasteiger partial charge in [0.2, 0.25) is 0 Å². The highest BCUT2D eigenvalue weighted by molar-refractivity contribution is 5.20. The summed E-state index contributed by atoms with van der Waals surface area (Å²) in [4.78, 5) is 8.00. The van der Waals surface area contributed by atoms with Crippen LogP contribution in [-0.2, 0) is 4.79 Å². The van der Waals surface area contributed by atoms with Crippen LogP contribution in [0.1, 0.15) is 45.4 Å². The first-order valence-electron chi connectivity index (χ1n) is 6.90. The molecule has 0 saturated heterocycles. The molecule has 0 atom stereocenters. The Balaban J connectivity index is 0. The van der Waals surface area contributed by atoms with Crippen molar-refractivity contribution in [3.05, 3.63) is 43.5 Å². The molecule has 2 heteroatoms. The average Bonchev–Trinajstić information content (AvgIpc) is 2.51. The van der Waals surface area contributed by atoms with Crippen molar-refractivity contribution in [1.29, 1.82) is 0 Å². The van der Waals surface area contributed by atoms with E-state index < -0.39 is 0 Å². The molecule has 0 aliphatic carbocycles. The van der Waals surface area contributed by atoms with Gasteiger partial charge >= 0.3 is 0 Å². The summed E-state index contributed by atoms with van der Waals surface area (Å²) in [6, 6.07) is 10.1.